The number of hydrogen-bond acceptors (Lipinski definition) is 4. The molecule has 0 aliphatic rings. The molecule has 0 saturated carbocycles. The van der Waals surface area contributed by atoms with E-state index in [-0.39, 0.29) is 0 Å². The van der Waals surface area contributed by atoms with E-state index < -0.39 is 5.91 Å². The number of aromatic nitrogens is 2. The van der Waals surface area contributed by atoms with Gasteiger partial charge in [0, 0.05) is 28.0 Å². The number of nitrogens with zero attached hydrogens (tertiary/aromatic N) is 2. The van der Waals surface area contributed by atoms with Gasteiger partial charge < -0.3 is 10.5 Å². The Bertz CT molecular complexity index is 602. The topological polar surface area (TPSA) is 78.1 Å². The Morgan fingerprint density at radius 2 is 2.11 bits per heavy atom. The van der Waals surface area contributed by atoms with Crippen LogP contribution in [-0.4, -0.2) is 15.9 Å². The molecule has 0 aliphatic carbocycles. The fraction of sp³-hybridized carbons (Fsp3) is 0.0833. The van der Waals surface area contributed by atoms with Crippen LogP contribution < -0.4 is 10.5 Å². The Morgan fingerprint density at radius 1 is 1.33 bits per heavy atom. The van der Waals surface area contributed by atoms with Gasteiger partial charge in [-0.3, -0.25) is 9.78 Å². The summed E-state index contributed by atoms with van der Waals surface area (Å²) in [5.74, 6) is 0.319. The van der Waals surface area contributed by atoms with Crippen molar-refractivity contribution in [2.24, 2.45) is 5.73 Å². The van der Waals surface area contributed by atoms with E-state index >= 15 is 0 Å². The molecule has 0 bridgehead atoms. The van der Waals surface area contributed by atoms with E-state index in [2.05, 4.69) is 25.9 Å². The molecule has 2 aromatic heterocycles. The molecule has 6 heteroatoms. The molecule has 2 rings (SSSR count). The number of nitrogens with two attached hydrogens (primary N) is 1. The van der Waals surface area contributed by atoms with E-state index in [0.29, 0.717) is 22.9 Å². The third kappa shape index (κ3) is 3.04. The molecule has 0 fully saturated rings. The molecule has 1 amide bonds. The van der Waals surface area contributed by atoms with Crippen molar-refractivity contribution >= 4 is 21.8 Å². The molecule has 0 radical (unpaired) electrons. The van der Waals surface area contributed by atoms with Gasteiger partial charge in [0.15, 0.2) is 0 Å². The van der Waals surface area contributed by atoms with Crippen LogP contribution in [0, 0.1) is 6.92 Å². The first kappa shape index (κ1) is 12.5. The molecule has 92 valence electrons. The van der Waals surface area contributed by atoms with Crippen molar-refractivity contribution in [3.8, 4) is 11.6 Å². The summed E-state index contributed by atoms with van der Waals surface area (Å²) in [6.07, 6.45) is 3.20. The number of hydrogen-bond donors (Lipinski definition) is 1. The number of primary amides is 1. The van der Waals surface area contributed by atoms with Gasteiger partial charge in [0.05, 0.1) is 6.20 Å². The van der Waals surface area contributed by atoms with Crippen LogP contribution in [0.15, 0.2) is 35.1 Å². The van der Waals surface area contributed by atoms with Gasteiger partial charge in [-0.15, -0.1) is 0 Å². The zero-order chi connectivity index (χ0) is 13.1. The van der Waals surface area contributed by atoms with Gasteiger partial charge in [0.25, 0.3) is 0 Å². The fourth-order valence-electron chi connectivity index (χ4n) is 1.40. The lowest BCUT2D eigenvalue weighted by Gasteiger charge is -2.06. The first-order valence-electron chi connectivity index (χ1n) is 5.11. The van der Waals surface area contributed by atoms with Crippen molar-refractivity contribution < 1.29 is 9.53 Å². The first-order valence-corrected chi connectivity index (χ1v) is 5.91. The van der Waals surface area contributed by atoms with Crippen molar-refractivity contribution in [2.75, 3.05) is 0 Å². The third-order valence-electron chi connectivity index (χ3n) is 2.12. The monoisotopic (exact) mass is 307 g/mol. The van der Waals surface area contributed by atoms with Crippen molar-refractivity contribution in [2.45, 2.75) is 6.92 Å². The molecule has 0 saturated heterocycles. The highest BCUT2D eigenvalue weighted by molar-refractivity contribution is 9.10. The minimum absolute atomic E-state index is 0.309. The summed E-state index contributed by atoms with van der Waals surface area (Å²) >= 11 is 3.29. The molecule has 0 unspecified atom stereocenters. The molecule has 0 spiro atoms. The summed E-state index contributed by atoms with van der Waals surface area (Å²) in [5, 5.41) is 0. The number of rotatable bonds is 3. The molecular formula is C12H10BrN3O2. The molecule has 2 aromatic rings. The van der Waals surface area contributed by atoms with Gasteiger partial charge in [0.2, 0.25) is 11.8 Å². The number of ether oxygens (including phenoxy) is 1. The summed E-state index contributed by atoms with van der Waals surface area (Å²) < 4.78 is 6.31. The standard InChI is InChI=1S/C12H10BrN3O2/c1-7-2-8(12(14)17)3-11(16-7)18-10-4-9(13)5-15-6-10/h2-6H,1H3,(H2,14,17). The van der Waals surface area contributed by atoms with Crippen molar-refractivity contribution in [3.05, 3.63) is 46.3 Å². The molecule has 18 heavy (non-hydrogen) atoms. The van der Waals surface area contributed by atoms with E-state index in [0.717, 1.165) is 4.47 Å². The van der Waals surface area contributed by atoms with E-state index in [1.165, 1.54) is 6.07 Å². The Hall–Kier alpha value is -1.95. The van der Waals surface area contributed by atoms with Gasteiger partial charge in [-0.05, 0) is 35.0 Å². The van der Waals surface area contributed by atoms with Crippen LogP contribution in [0.2, 0.25) is 0 Å². The summed E-state index contributed by atoms with van der Waals surface area (Å²) in [6.45, 7) is 1.76. The molecule has 2 N–H and O–H groups in total. The minimum Gasteiger partial charge on any atom is -0.437 e. The second kappa shape index (κ2) is 5.14. The smallest absolute Gasteiger partial charge is 0.248 e. The predicted octanol–water partition coefficient (Wildman–Crippen LogP) is 2.44. The molecule has 0 aliphatic heterocycles. The largest absolute Gasteiger partial charge is 0.437 e. The average molecular weight is 308 g/mol. The highest BCUT2D eigenvalue weighted by Gasteiger charge is 2.07. The Morgan fingerprint density at radius 3 is 2.78 bits per heavy atom. The van der Waals surface area contributed by atoms with E-state index in [4.69, 9.17) is 10.5 Å². The highest BCUT2D eigenvalue weighted by Crippen LogP contribution is 2.22. The quantitative estimate of drug-likeness (QED) is 0.944. The maximum Gasteiger partial charge on any atom is 0.248 e. The van der Waals surface area contributed by atoms with Crippen LogP contribution in [0.4, 0.5) is 0 Å². The average Bonchev–Trinajstić information content (AvgIpc) is 2.28. The number of halogens is 1. The van der Waals surface area contributed by atoms with E-state index in [9.17, 15) is 4.79 Å². The van der Waals surface area contributed by atoms with Gasteiger partial charge in [-0.1, -0.05) is 0 Å². The molecule has 2 heterocycles. The summed E-state index contributed by atoms with van der Waals surface area (Å²) in [7, 11) is 0. The number of carbonyl (C=O) groups excluding carboxylic acids is 1. The Kier molecular flexibility index (Phi) is 3.57. The normalized spacial score (nSPS) is 10.1. The molecule has 0 atom stereocenters. The zero-order valence-corrected chi connectivity index (χ0v) is 11.1. The minimum atomic E-state index is -0.516. The maximum atomic E-state index is 11.1. The third-order valence-corrected chi connectivity index (χ3v) is 2.55. The summed E-state index contributed by atoms with van der Waals surface area (Å²) in [4.78, 5) is 19.3. The van der Waals surface area contributed by atoms with E-state index in [1.54, 1.807) is 31.5 Å². The molecule has 5 nitrogen and oxygen atoms in total. The van der Waals surface area contributed by atoms with Crippen molar-refractivity contribution in [3.63, 3.8) is 0 Å². The van der Waals surface area contributed by atoms with Crippen LogP contribution in [0.1, 0.15) is 16.1 Å². The molecule has 0 aromatic carbocycles. The first-order chi connectivity index (χ1) is 8.54. The lowest BCUT2D eigenvalue weighted by atomic mass is 10.2. The second-order valence-electron chi connectivity index (χ2n) is 3.64. The van der Waals surface area contributed by atoms with Crippen LogP contribution in [0.25, 0.3) is 0 Å². The van der Waals surface area contributed by atoms with Crippen LogP contribution in [0.3, 0.4) is 0 Å². The van der Waals surface area contributed by atoms with Crippen molar-refractivity contribution in [1.29, 1.82) is 0 Å². The highest BCUT2D eigenvalue weighted by atomic mass is 79.9. The van der Waals surface area contributed by atoms with Gasteiger partial charge >= 0.3 is 0 Å². The van der Waals surface area contributed by atoms with Crippen LogP contribution in [-0.2, 0) is 0 Å². The number of pyridine rings is 2. The maximum absolute atomic E-state index is 11.1. The number of aryl methyl sites for hydroxylation is 1. The summed E-state index contributed by atoms with van der Waals surface area (Å²) in [5.41, 5.74) is 6.25. The Labute approximate surface area is 112 Å². The van der Waals surface area contributed by atoms with Crippen LogP contribution >= 0.6 is 15.9 Å². The predicted molar refractivity (Wildman–Crippen MR) is 69.5 cm³/mol. The lowest BCUT2D eigenvalue weighted by Crippen LogP contribution is -2.11. The van der Waals surface area contributed by atoms with Gasteiger partial charge in [-0.2, -0.15) is 0 Å². The second-order valence-corrected chi connectivity index (χ2v) is 4.56. The number of carbonyl (C=O) groups is 1. The SMILES string of the molecule is Cc1cc(C(N)=O)cc(Oc2cncc(Br)c2)n1. The summed E-state index contributed by atoms with van der Waals surface area (Å²) in [6, 6.07) is 4.85. The molecular weight excluding hydrogens is 298 g/mol. The van der Waals surface area contributed by atoms with Crippen LogP contribution in [0.5, 0.6) is 11.6 Å². The van der Waals surface area contributed by atoms with E-state index in [1.807, 2.05) is 0 Å². The van der Waals surface area contributed by atoms with Crippen molar-refractivity contribution in [1.82, 2.24) is 9.97 Å². The zero-order valence-electron chi connectivity index (χ0n) is 9.55. The van der Waals surface area contributed by atoms with Gasteiger partial charge in [0.1, 0.15) is 5.75 Å². The number of amides is 1. The fourth-order valence-corrected chi connectivity index (χ4v) is 1.75. The van der Waals surface area contributed by atoms with Gasteiger partial charge in [-0.25, -0.2) is 4.98 Å². The lowest BCUT2D eigenvalue weighted by molar-refractivity contribution is 0.0999. The Balaban J connectivity index is 2.31.